The van der Waals surface area contributed by atoms with Gasteiger partial charge < -0.3 is 5.32 Å². The molecule has 3 aromatic carbocycles. The molecule has 0 aliphatic heterocycles. The molecule has 1 atom stereocenters. The molecule has 11 heteroatoms. The number of unbranched alkanes of at least 4 members (excludes halogenated alkanes) is 1. The fourth-order valence-electron chi connectivity index (χ4n) is 6.01. The van der Waals surface area contributed by atoms with E-state index in [1.54, 1.807) is 24.3 Å². The number of nitrogens with zero attached hydrogens (tertiary/aromatic N) is 1. The maximum atomic E-state index is 13.8. The first-order chi connectivity index (χ1) is 21.6. The highest BCUT2D eigenvalue weighted by Crippen LogP contribution is 2.31. The molecule has 1 heterocycles. The smallest absolute Gasteiger partial charge is 0.263 e. The van der Waals surface area contributed by atoms with Crippen LogP contribution in [0.25, 0.3) is 16.5 Å². The van der Waals surface area contributed by atoms with Crippen molar-refractivity contribution in [3.8, 4) is 5.69 Å². The summed E-state index contributed by atoms with van der Waals surface area (Å²) in [7, 11) is -3.61. The highest BCUT2D eigenvalue weighted by molar-refractivity contribution is 7.90. The Kier molecular flexibility index (Phi) is 8.54. The van der Waals surface area contributed by atoms with Gasteiger partial charge in [-0.15, -0.1) is 0 Å². The second-order valence-electron chi connectivity index (χ2n) is 11.8. The van der Waals surface area contributed by atoms with Gasteiger partial charge in [0, 0.05) is 28.8 Å². The van der Waals surface area contributed by atoms with Crippen molar-refractivity contribution < 1.29 is 26.8 Å². The minimum Gasteiger partial charge on any atom is -0.345 e. The first-order valence-electron chi connectivity index (χ1n) is 15.2. The summed E-state index contributed by atoms with van der Waals surface area (Å²) >= 11 is 0. The lowest BCUT2D eigenvalue weighted by atomic mass is 9.87. The van der Waals surface area contributed by atoms with Gasteiger partial charge in [0.05, 0.1) is 11.3 Å². The lowest BCUT2D eigenvalue weighted by Gasteiger charge is -2.26. The van der Waals surface area contributed by atoms with E-state index in [0.29, 0.717) is 59.8 Å². The molecule has 6 rings (SSSR count). The number of hydrogen-bond donors (Lipinski definition) is 2. The molecule has 2 aliphatic rings. The van der Waals surface area contributed by atoms with Crippen molar-refractivity contribution in [3.63, 3.8) is 0 Å². The largest absolute Gasteiger partial charge is 0.345 e. The number of nitrogens with one attached hydrogen (secondary N) is 2. The Balaban J connectivity index is 1.24. The van der Waals surface area contributed by atoms with Crippen LogP contribution in [0.4, 0.5) is 8.78 Å². The highest BCUT2D eigenvalue weighted by Gasteiger charge is 2.36. The molecule has 0 saturated heterocycles. The molecule has 0 unspecified atom stereocenters. The molecule has 1 aromatic heterocycles. The van der Waals surface area contributed by atoms with Crippen LogP contribution in [0.15, 0.2) is 71.5 Å². The van der Waals surface area contributed by atoms with E-state index in [1.807, 2.05) is 6.07 Å². The van der Waals surface area contributed by atoms with Crippen molar-refractivity contribution in [2.75, 3.05) is 0 Å². The second kappa shape index (κ2) is 12.5. The van der Waals surface area contributed by atoms with Crippen molar-refractivity contribution in [2.45, 2.75) is 69.1 Å². The monoisotopic (exact) mass is 633 g/mol. The predicted molar refractivity (Wildman–Crippen MR) is 167 cm³/mol. The summed E-state index contributed by atoms with van der Waals surface area (Å²) < 4.78 is 55.2. The number of carbonyl (C=O) groups excluding carboxylic acids is 2. The number of benzene rings is 3. The Morgan fingerprint density at radius 2 is 1.64 bits per heavy atom. The minimum atomic E-state index is -3.61. The predicted octanol–water partition coefficient (Wildman–Crippen LogP) is 5.40. The van der Waals surface area contributed by atoms with E-state index < -0.39 is 27.0 Å². The van der Waals surface area contributed by atoms with Crippen molar-refractivity contribution >= 4 is 32.6 Å². The van der Waals surface area contributed by atoms with E-state index in [2.05, 4.69) is 10.0 Å². The molecule has 2 amide bonds. The van der Waals surface area contributed by atoms with Crippen LogP contribution in [0, 0.1) is 11.6 Å². The summed E-state index contributed by atoms with van der Waals surface area (Å²) in [6.07, 6.45) is 4.68. The number of sulfonamides is 1. The topological polar surface area (TPSA) is 114 Å². The molecule has 0 bridgehead atoms. The molecule has 234 valence electrons. The summed E-state index contributed by atoms with van der Waals surface area (Å²) in [5, 5.41) is 3.51. The molecule has 1 fully saturated rings. The average molecular weight is 634 g/mol. The number of carbonyl (C=O) groups is 2. The maximum Gasteiger partial charge on any atom is 0.263 e. The summed E-state index contributed by atoms with van der Waals surface area (Å²) in [5.41, 5.74) is 2.90. The van der Waals surface area contributed by atoms with E-state index in [1.165, 1.54) is 41.0 Å². The third-order valence-electron chi connectivity index (χ3n) is 8.47. The van der Waals surface area contributed by atoms with Crippen LogP contribution < -0.4 is 15.6 Å². The normalized spacial score (nSPS) is 16.3. The maximum absolute atomic E-state index is 13.8. The van der Waals surface area contributed by atoms with Gasteiger partial charge in [-0.3, -0.25) is 23.7 Å². The zero-order valence-electron chi connectivity index (χ0n) is 24.5. The summed E-state index contributed by atoms with van der Waals surface area (Å²) in [5.74, 6) is -1.61. The minimum absolute atomic E-state index is 0.0154. The number of hydrogen-bond acceptors (Lipinski definition) is 5. The van der Waals surface area contributed by atoms with Gasteiger partial charge in [0.25, 0.3) is 11.5 Å². The molecular formula is C34H33F2N3O5S. The molecule has 0 spiro atoms. The Bertz CT molecular complexity index is 1950. The van der Waals surface area contributed by atoms with Crippen molar-refractivity contribution in [3.05, 3.63) is 111 Å². The van der Waals surface area contributed by atoms with Crippen LogP contribution in [-0.4, -0.2) is 30.0 Å². The van der Waals surface area contributed by atoms with Gasteiger partial charge in [0.2, 0.25) is 15.9 Å². The number of fused-ring (bicyclic) bond motifs is 2. The third-order valence-corrected chi connectivity index (χ3v) is 10.3. The van der Waals surface area contributed by atoms with Crippen LogP contribution in [0.1, 0.15) is 78.2 Å². The van der Waals surface area contributed by atoms with Gasteiger partial charge in [-0.25, -0.2) is 17.2 Å². The van der Waals surface area contributed by atoms with E-state index in [4.69, 9.17) is 0 Å². The van der Waals surface area contributed by atoms with Gasteiger partial charge in [0.15, 0.2) is 0 Å². The zero-order valence-corrected chi connectivity index (χ0v) is 25.3. The lowest BCUT2D eigenvalue weighted by Crippen LogP contribution is -2.33. The molecule has 4 aromatic rings. The molecular weight excluding hydrogens is 600 g/mol. The Morgan fingerprint density at radius 3 is 2.40 bits per heavy atom. The van der Waals surface area contributed by atoms with Crippen LogP contribution in [0.2, 0.25) is 0 Å². The van der Waals surface area contributed by atoms with E-state index in [9.17, 15) is 31.6 Å². The molecule has 8 nitrogen and oxygen atoms in total. The van der Waals surface area contributed by atoms with Gasteiger partial charge in [-0.05, 0) is 129 Å². The van der Waals surface area contributed by atoms with Gasteiger partial charge >= 0.3 is 0 Å². The number of amides is 2. The fraction of sp³-hybridized carbons (Fsp3) is 0.324. The second-order valence-corrected chi connectivity index (χ2v) is 13.8. The Labute approximate surface area is 259 Å². The van der Waals surface area contributed by atoms with Gasteiger partial charge in [-0.1, -0.05) is 6.07 Å². The fourth-order valence-corrected chi connectivity index (χ4v) is 7.35. The van der Waals surface area contributed by atoms with Crippen molar-refractivity contribution in [1.29, 1.82) is 0 Å². The molecule has 0 radical (unpaired) electrons. The average Bonchev–Trinajstić information content (AvgIpc) is 3.86. The third kappa shape index (κ3) is 6.83. The van der Waals surface area contributed by atoms with E-state index in [0.717, 1.165) is 30.4 Å². The zero-order chi connectivity index (χ0) is 31.7. The SMILES string of the molecule is O=C(CCCCc1cc2cc(C(=O)N[C@@H]3CCCc4cc(F)ccc43)ccc2c(=O)n1-c1ccc(F)cc1)NS(=O)(=O)C1CC1. The van der Waals surface area contributed by atoms with Crippen molar-refractivity contribution in [1.82, 2.24) is 14.6 Å². The number of aryl methyl sites for hydroxylation is 2. The number of halogens is 2. The first-order valence-corrected chi connectivity index (χ1v) is 16.7. The standard InChI is InChI=1S/C34H33F2N3O5S/c35-24-9-12-26(13-10-24)39-27(5-1-2-7-32(40)38-45(43,44)28-14-15-28)20-23-18-22(8-16-30(23)34(39)42)33(41)37-31-6-3-4-21-19-25(36)11-17-29(21)31/h8-13,16-20,28,31H,1-7,14-15H2,(H,37,41)(H,38,40)/t31-/m1/s1. The molecule has 2 aliphatic carbocycles. The lowest BCUT2D eigenvalue weighted by molar-refractivity contribution is -0.119. The Hall–Kier alpha value is -4.38. The summed E-state index contributed by atoms with van der Waals surface area (Å²) in [4.78, 5) is 39.4. The van der Waals surface area contributed by atoms with Crippen LogP contribution >= 0.6 is 0 Å². The number of pyridine rings is 1. The molecule has 1 saturated carbocycles. The van der Waals surface area contributed by atoms with E-state index >= 15 is 0 Å². The Morgan fingerprint density at radius 1 is 0.889 bits per heavy atom. The van der Waals surface area contributed by atoms with Gasteiger partial charge in [-0.2, -0.15) is 0 Å². The molecule has 45 heavy (non-hydrogen) atoms. The summed E-state index contributed by atoms with van der Waals surface area (Å²) in [6.45, 7) is 0. The highest BCUT2D eigenvalue weighted by atomic mass is 32.2. The number of rotatable bonds is 10. The van der Waals surface area contributed by atoms with Crippen LogP contribution in [-0.2, 0) is 27.7 Å². The van der Waals surface area contributed by atoms with Crippen LogP contribution in [0.5, 0.6) is 0 Å². The first kappa shape index (κ1) is 30.6. The van der Waals surface area contributed by atoms with Gasteiger partial charge in [0.1, 0.15) is 11.6 Å². The number of aromatic nitrogens is 1. The van der Waals surface area contributed by atoms with E-state index in [-0.39, 0.29) is 29.7 Å². The quantitative estimate of drug-likeness (QED) is 0.227. The van der Waals surface area contributed by atoms with Crippen molar-refractivity contribution in [2.24, 2.45) is 0 Å². The van der Waals surface area contributed by atoms with Crippen LogP contribution in [0.3, 0.4) is 0 Å². The summed E-state index contributed by atoms with van der Waals surface area (Å²) in [6, 6.07) is 16.6. The molecule has 2 N–H and O–H groups in total.